The second-order valence-corrected chi connectivity index (χ2v) is 5.56. The predicted octanol–water partition coefficient (Wildman–Crippen LogP) is 2.69. The van der Waals surface area contributed by atoms with Crippen molar-refractivity contribution < 1.29 is 9.66 Å². The van der Waals surface area contributed by atoms with E-state index >= 15 is 0 Å². The van der Waals surface area contributed by atoms with Gasteiger partial charge in [-0.2, -0.15) is 5.26 Å². The number of nitro groups is 1. The van der Waals surface area contributed by atoms with Gasteiger partial charge in [0, 0.05) is 5.56 Å². The lowest BCUT2D eigenvalue weighted by Gasteiger charge is -2.23. The Kier molecular flexibility index (Phi) is 4.43. The van der Waals surface area contributed by atoms with E-state index < -0.39 is 10.5 Å². The molecule has 0 saturated heterocycles. The van der Waals surface area contributed by atoms with E-state index in [0.29, 0.717) is 25.0 Å². The molecule has 2 atom stereocenters. The first-order valence-electron chi connectivity index (χ1n) is 7.05. The van der Waals surface area contributed by atoms with Gasteiger partial charge in [0.2, 0.25) is 0 Å². The lowest BCUT2D eigenvalue weighted by molar-refractivity contribution is -0.386. The molecule has 2 unspecified atom stereocenters. The van der Waals surface area contributed by atoms with Crippen molar-refractivity contribution in [3.63, 3.8) is 0 Å². The van der Waals surface area contributed by atoms with Crippen LogP contribution in [0.5, 0.6) is 5.75 Å². The summed E-state index contributed by atoms with van der Waals surface area (Å²) < 4.78 is 5.57. The molecule has 1 saturated carbocycles. The largest absolute Gasteiger partial charge is 0.487 e. The molecule has 2 rings (SSSR count). The number of nitrogens with zero attached hydrogens (tertiary/aromatic N) is 2. The van der Waals surface area contributed by atoms with Crippen LogP contribution in [0.1, 0.15) is 31.2 Å². The van der Waals surface area contributed by atoms with Gasteiger partial charge >= 0.3 is 5.69 Å². The predicted molar refractivity (Wildman–Crippen MR) is 77.8 cm³/mol. The van der Waals surface area contributed by atoms with Gasteiger partial charge in [-0.25, -0.2) is 0 Å². The van der Waals surface area contributed by atoms with Crippen LogP contribution in [0.2, 0.25) is 0 Å². The van der Waals surface area contributed by atoms with Crippen LogP contribution in [-0.4, -0.2) is 17.1 Å². The van der Waals surface area contributed by atoms with E-state index in [1.807, 2.05) is 0 Å². The van der Waals surface area contributed by atoms with Crippen molar-refractivity contribution in [3.05, 3.63) is 33.9 Å². The molecule has 1 aromatic carbocycles. The normalized spacial score (nSPS) is 24.5. The average Bonchev–Trinajstić information content (AvgIpc) is 2.81. The van der Waals surface area contributed by atoms with Crippen LogP contribution in [0.4, 0.5) is 5.69 Å². The standard InChI is InChI=1S/C15H19N3O3/c1-11-4-2-6-13(14(11)18(19)20)21-9-7-12-5-3-8-15(12,17)10-16/h2,4,6,12H,3,5,7-9,17H2,1H3. The van der Waals surface area contributed by atoms with Crippen LogP contribution in [0, 0.1) is 34.3 Å². The number of benzene rings is 1. The van der Waals surface area contributed by atoms with Crippen LogP contribution in [0.3, 0.4) is 0 Å². The average molecular weight is 289 g/mol. The van der Waals surface area contributed by atoms with E-state index in [0.717, 1.165) is 12.8 Å². The first kappa shape index (κ1) is 15.3. The summed E-state index contributed by atoms with van der Waals surface area (Å²) in [5.74, 6) is 0.365. The molecule has 2 N–H and O–H groups in total. The van der Waals surface area contributed by atoms with Crippen molar-refractivity contribution in [1.82, 2.24) is 0 Å². The number of nitriles is 1. The fourth-order valence-corrected chi connectivity index (χ4v) is 2.95. The summed E-state index contributed by atoms with van der Waals surface area (Å²) in [6, 6.07) is 7.20. The Morgan fingerprint density at radius 2 is 2.38 bits per heavy atom. The molecule has 0 bridgehead atoms. The van der Waals surface area contributed by atoms with Crippen molar-refractivity contribution in [2.75, 3.05) is 6.61 Å². The molecule has 0 amide bonds. The van der Waals surface area contributed by atoms with Crippen molar-refractivity contribution in [1.29, 1.82) is 5.26 Å². The van der Waals surface area contributed by atoms with Gasteiger partial charge in [0.25, 0.3) is 0 Å². The zero-order valence-corrected chi connectivity index (χ0v) is 12.0. The first-order chi connectivity index (χ1) is 9.98. The number of nitrogens with two attached hydrogens (primary N) is 1. The summed E-state index contributed by atoms with van der Waals surface area (Å²) in [6.07, 6.45) is 3.19. The topological polar surface area (TPSA) is 102 Å². The first-order valence-corrected chi connectivity index (χ1v) is 7.05. The zero-order valence-electron chi connectivity index (χ0n) is 12.0. The maximum absolute atomic E-state index is 11.1. The van der Waals surface area contributed by atoms with Crippen molar-refractivity contribution >= 4 is 5.69 Å². The van der Waals surface area contributed by atoms with E-state index in [2.05, 4.69) is 6.07 Å². The summed E-state index contributed by atoms with van der Waals surface area (Å²) in [5.41, 5.74) is 5.86. The summed E-state index contributed by atoms with van der Waals surface area (Å²) >= 11 is 0. The highest BCUT2D eigenvalue weighted by molar-refractivity contribution is 5.52. The number of rotatable bonds is 5. The molecule has 1 aliphatic carbocycles. The summed E-state index contributed by atoms with van der Waals surface area (Å²) in [7, 11) is 0. The van der Waals surface area contributed by atoms with Gasteiger partial charge in [0.1, 0.15) is 5.54 Å². The molecule has 1 fully saturated rings. The molecule has 0 aliphatic heterocycles. The summed E-state index contributed by atoms with van der Waals surface area (Å²) in [5, 5.41) is 20.2. The highest BCUT2D eigenvalue weighted by atomic mass is 16.6. The van der Waals surface area contributed by atoms with Crippen molar-refractivity contribution in [2.24, 2.45) is 11.7 Å². The number of hydrogen-bond donors (Lipinski definition) is 1. The Morgan fingerprint density at radius 3 is 3.05 bits per heavy atom. The third kappa shape index (κ3) is 3.14. The lowest BCUT2D eigenvalue weighted by Crippen LogP contribution is -2.42. The van der Waals surface area contributed by atoms with Crippen molar-refractivity contribution in [3.8, 4) is 11.8 Å². The number of ether oxygens (including phenoxy) is 1. The maximum atomic E-state index is 11.1. The molecule has 0 aromatic heterocycles. The molecule has 6 nitrogen and oxygen atoms in total. The molecule has 6 heteroatoms. The number of hydrogen-bond acceptors (Lipinski definition) is 5. The highest BCUT2D eigenvalue weighted by Crippen LogP contribution is 2.36. The molecule has 0 spiro atoms. The van der Waals surface area contributed by atoms with Crippen LogP contribution in [0.25, 0.3) is 0 Å². The Hall–Kier alpha value is -2.13. The number of para-hydroxylation sites is 1. The molecule has 0 radical (unpaired) electrons. The number of aryl methyl sites for hydroxylation is 1. The van der Waals surface area contributed by atoms with Gasteiger partial charge in [0.15, 0.2) is 5.75 Å². The number of nitro benzene ring substituents is 1. The second-order valence-electron chi connectivity index (χ2n) is 5.56. The van der Waals surface area contributed by atoms with Gasteiger partial charge < -0.3 is 10.5 Å². The van der Waals surface area contributed by atoms with E-state index in [1.54, 1.807) is 25.1 Å². The van der Waals surface area contributed by atoms with Gasteiger partial charge in [0.05, 0.1) is 17.6 Å². The molecular formula is C15H19N3O3. The SMILES string of the molecule is Cc1cccc(OCCC2CCCC2(N)C#N)c1[N+](=O)[O-]. The Labute approximate surface area is 123 Å². The monoisotopic (exact) mass is 289 g/mol. The molecule has 0 heterocycles. The van der Waals surface area contributed by atoms with Crippen LogP contribution < -0.4 is 10.5 Å². The van der Waals surface area contributed by atoms with Gasteiger partial charge in [-0.1, -0.05) is 18.6 Å². The lowest BCUT2D eigenvalue weighted by atomic mass is 9.87. The third-order valence-electron chi connectivity index (χ3n) is 4.19. The van der Waals surface area contributed by atoms with E-state index in [1.165, 1.54) is 0 Å². The third-order valence-corrected chi connectivity index (χ3v) is 4.19. The quantitative estimate of drug-likeness (QED) is 0.663. The highest BCUT2D eigenvalue weighted by Gasteiger charge is 2.39. The smallest absolute Gasteiger partial charge is 0.313 e. The van der Waals surface area contributed by atoms with Crippen molar-refractivity contribution in [2.45, 2.75) is 38.1 Å². The summed E-state index contributed by atoms with van der Waals surface area (Å²) in [6.45, 7) is 2.01. The van der Waals surface area contributed by atoms with Gasteiger partial charge in [-0.3, -0.25) is 10.1 Å². The van der Waals surface area contributed by atoms with E-state index in [4.69, 9.17) is 15.7 Å². The Balaban J connectivity index is 2.00. The second kappa shape index (κ2) is 6.10. The fraction of sp³-hybridized carbons (Fsp3) is 0.533. The van der Waals surface area contributed by atoms with Gasteiger partial charge in [-0.05, 0) is 38.2 Å². The molecular weight excluding hydrogens is 270 g/mol. The zero-order chi connectivity index (χ0) is 15.5. The summed E-state index contributed by atoms with van der Waals surface area (Å²) in [4.78, 5) is 10.6. The molecule has 1 aromatic rings. The molecule has 21 heavy (non-hydrogen) atoms. The minimum atomic E-state index is -0.776. The Morgan fingerprint density at radius 1 is 1.62 bits per heavy atom. The van der Waals surface area contributed by atoms with Crippen LogP contribution in [-0.2, 0) is 0 Å². The Bertz CT molecular complexity index is 582. The maximum Gasteiger partial charge on any atom is 0.313 e. The molecule has 112 valence electrons. The van der Waals surface area contributed by atoms with E-state index in [-0.39, 0.29) is 17.4 Å². The van der Waals surface area contributed by atoms with Crippen LogP contribution in [0.15, 0.2) is 18.2 Å². The fourth-order valence-electron chi connectivity index (χ4n) is 2.95. The van der Waals surface area contributed by atoms with Gasteiger partial charge in [-0.15, -0.1) is 0 Å². The minimum Gasteiger partial charge on any atom is -0.487 e. The molecule has 1 aliphatic rings. The van der Waals surface area contributed by atoms with Crippen LogP contribution >= 0.6 is 0 Å². The van der Waals surface area contributed by atoms with E-state index in [9.17, 15) is 10.1 Å². The minimum absolute atomic E-state index is 0.00298.